The van der Waals surface area contributed by atoms with Crippen molar-refractivity contribution in [3.05, 3.63) is 29.8 Å². The molecule has 0 radical (unpaired) electrons. The standard InChI is InChI=1S/C14H23NS2/c1-13(2,3)15-12-8-6-11(7-9-12)10-14(4,5)17-16/h6-9,15-16H,10H2,1-5H3. The maximum atomic E-state index is 4.31. The zero-order chi connectivity index (χ0) is 13.1. The summed E-state index contributed by atoms with van der Waals surface area (Å²) in [6.07, 6.45) is 1.04. The van der Waals surface area contributed by atoms with Crippen molar-refractivity contribution in [2.75, 3.05) is 5.32 Å². The number of hydrogen-bond donors (Lipinski definition) is 2. The molecule has 0 fully saturated rings. The number of benzene rings is 1. The SMILES string of the molecule is CC(C)(C)Nc1ccc(CC(C)(C)SS)cc1. The number of hydrogen-bond acceptors (Lipinski definition) is 3. The lowest BCUT2D eigenvalue weighted by atomic mass is 10.0. The lowest BCUT2D eigenvalue weighted by Crippen LogP contribution is -2.26. The predicted molar refractivity (Wildman–Crippen MR) is 84.2 cm³/mol. The number of rotatable bonds is 4. The van der Waals surface area contributed by atoms with Crippen molar-refractivity contribution in [1.82, 2.24) is 0 Å². The largest absolute Gasteiger partial charge is 0.380 e. The Hall–Kier alpha value is -0.280. The van der Waals surface area contributed by atoms with E-state index in [0.717, 1.165) is 6.42 Å². The first kappa shape index (κ1) is 14.8. The highest BCUT2D eigenvalue weighted by Crippen LogP contribution is 2.31. The molecule has 0 aromatic heterocycles. The quantitative estimate of drug-likeness (QED) is 0.602. The highest BCUT2D eigenvalue weighted by atomic mass is 33.1. The van der Waals surface area contributed by atoms with Gasteiger partial charge in [-0.25, -0.2) is 0 Å². The van der Waals surface area contributed by atoms with Crippen molar-refractivity contribution < 1.29 is 0 Å². The molecule has 0 saturated heterocycles. The van der Waals surface area contributed by atoms with Crippen molar-refractivity contribution in [2.24, 2.45) is 0 Å². The molecular weight excluding hydrogens is 246 g/mol. The summed E-state index contributed by atoms with van der Waals surface area (Å²) in [6, 6.07) is 8.69. The molecule has 0 saturated carbocycles. The Morgan fingerprint density at radius 1 is 1.06 bits per heavy atom. The van der Waals surface area contributed by atoms with Crippen molar-refractivity contribution in [3.63, 3.8) is 0 Å². The van der Waals surface area contributed by atoms with Crippen LogP contribution in [0.2, 0.25) is 0 Å². The molecule has 0 aliphatic carbocycles. The molecule has 0 aliphatic rings. The van der Waals surface area contributed by atoms with Gasteiger partial charge in [0.15, 0.2) is 0 Å². The van der Waals surface area contributed by atoms with Gasteiger partial charge in [0.25, 0.3) is 0 Å². The lowest BCUT2D eigenvalue weighted by Gasteiger charge is -2.23. The third-order valence-electron chi connectivity index (χ3n) is 2.35. The Kier molecular flexibility index (Phi) is 4.85. The van der Waals surface area contributed by atoms with Gasteiger partial charge in [0.1, 0.15) is 0 Å². The average molecular weight is 269 g/mol. The Morgan fingerprint density at radius 2 is 1.59 bits per heavy atom. The van der Waals surface area contributed by atoms with E-state index in [1.807, 2.05) is 0 Å². The van der Waals surface area contributed by atoms with Crippen LogP contribution in [0.1, 0.15) is 40.2 Å². The van der Waals surface area contributed by atoms with E-state index < -0.39 is 0 Å². The topological polar surface area (TPSA) is 12.0 Å². The van der Waals surface area contributed by atoms with E-state index in [0.29, 0.717) is 0 Å². The summed E-state index contributed by atoms with van der Waals surface area (Å²) in [5, 5.41) is 3.46. The fourth-order valence-electron chi connectivity index (χ4n) is 1.66. The summed E-state index contributed by atoms with van der Waals surface area (Å²) in [6.45, 7) is 10.9. The average Bonchev–Trinajstić information content (AvgIpc) is 2.19. The second kappa shape index (κ2) is 5.57. The molecule has 0 unspecified atom stereocenters. The molecule has 0 atom stereocenters. The molecule has 1 N–H and O–H groups in total. The minimum absolute atomic E-state index is 0.113. The lowest BCUT2D eigenvalue weighted by molar-refractivity contribution is 0.634. The first-order valence-electron chi connectivity index (χ1n) is 5.92. The molecule has 1 aromatic carbocycles. The summed E-state index contributed by atoms with van der Waals surface area (Å²) >= 11 is 4.31. The van der Waals surface area contributed by atoms with E-state index in [-0.39, 0.29) is 10.3 Å². The summed E-state index contributed by atoms with van der Waals surface area (Å²) in [5.74, 6) is 0. The summed E-state index contributed by atoms with van der Waals surface area (Å²) in [7, 11) is 1.61. The van der Waals surface area contributed by atoms with Crippen LogP contribution in [0, 0.1) is 0 Å². The maximum absolute atomic E-state index is 4.31. The Balaban J connectivity index is 2.69. The maximum Gasteiger partial charge on any atom is 0.0344 e. The monoisotopic (exact) mass is 269 g/mol. The number of nitrogens with one attached hydrogen (secondary N) is 1. The first-order chi connectivity index (χ1) is 7.72. The first-order valence-corrected chi connectivity index (χ1v) is 7.78. The highest BCUT2D eigenvalue weighted by molar-refractivity contribution is 8.69. The third-order valence-corrected chi connectivity index (χ3v) is 4.47. The number of anilines is 1. The minimum Gasteiger partial charge on any atom is -0.380 e. The fraction of sp³-hybridized carbons (Fsp3) is 0.571. The molecule has 17 heavy (non-hydrogen) atoms. The van der Waals surface area contributed by atoms with Crippen LogP contribution in [-0.2, 0) is 6.42 Å². The Labute approximate surface area is 115 Å². The van der Waals surface area contributed by atoms with Crippen LogP contribution < -0.4 is 5.32 Å². The van der Waals surface area contributed by atoms with Gasteiger partial charge >= 0.3 is 0 Å². The van der Waals surface area contributed by atoms with Gasteiger partial charge in [-0.2, -0.15) is 0 Å². The van der Waals surface area contributed by atoms with Gasteiger partial charge in [-0.3, -0.25) is 0 Å². The second-order valence-electron chi connectivity index (χ2n) is 6.10. The molecule has 0 amide bonds. The van der Waals surface area contributed by atoms with Crippen LogP contribution in [0.25, 0.3) is 0 Å². The normalized spacial score (nSPS) is 12.6. The van der Waals surface area contributed by atoms with E-state index in [2.05, 4.69) is 75.9 Å². The molecule has 0 bridgehead atoms. The van der Waals surface area contributed by atoms with Gasteiger partial charge in [-0.15, -0.1) is 11.7 Å². The van der Waals surface area contributed by atoms with Gasteiger partial charge in [-0.05, 0) is 58.7 Å². The van der Waals surface area contributed by atoms with Gasteiger partial charge in [-0.1, -0.05) is 22.9 Å². The van der Waals surface area contributed by atoms with E-state index in [1.54, 1.807) is 10.8 Å². The van der Waals surface area contributed by atoms with Crippen LogP contribution >= 0.6 is 22.5 Å². The van der Waals surface area contributed by atoms with E-state index in [4.69, 9.17) is 0 Å². The van der Waals surface area contributed by atoms with Crippen molar-refractivity contribution in [3.8, 4) is 0 Å². The molecule has 1 aromatic rings. The van der Waals surface area contributed by atoms with Crippen LogP contribution in [0.15, 0.2) is 24.3 Å². The highest BCUT2D eigenvalue weighted by Gasteiger charge is 2.17. The zero-order valence-corrected chi connectivity index (χ0v) is 13.1. The van der Waals surface area contributed by atoms with E-state index in [1.165, 1.54) is 11.3 Å². The van der Waals surface area contributed by atoms with Crippen LogP contribution in [0.4, 0.5) is 5.69 Å². The molecule has 0 heterocycles. The third kappa shape index (κ3) is 5.73. The smallest absolute Gasteiger partial charge is 0.0344 e. The van der Waals surface area contributed by atoms with Crippen molar-refractivity contribution in [1.29, 1.82) is 0 Å². The van der Waals surface area contributed by atoms with E-state index in [9.17, 15) is 0 Å². The Morgan fingerprint density at radius 3 is 2.00 bits per heavy atom. The van der Waals surface area contributed by atoms with Gasteiger partial charge in [0.05, 0.1) is 0 Å². The predicted octanol–water partition coefficient (Wildman–Crippen LogP) is 4.80. The van der Waals surface area contributed by atoms with Gasteiger partial charge < -0.3 is 5.32 Å². The van der Waals surface area contributed by atoms with Crippen LogP contribution in [-0.4, -0.2) is 10.3 Å². The zero-order valence-electron chi connectivity index (χ0n) is 11.4. The van der Waals surface area contributed by atoms with Crippen molar-refractivity contribution in [2.45, 2.75) is 51.3 Å². The molecule has 1 rings (SSSR count). The summed E-state index contributed by atoms with van der Waals surface area (Å²) < 4.78 is 0.183. The van der Waals surface area contributed by atoms with E-state index >= 15 is 0 Å². The second-order valence-corrected chi connectivity index (χ2v) is 7.94. The van der Waals surface area contributed by atoms with Gasteiger partial charge in [0, 0.05) is 16.0 Å². The molecule has 0 aliphatic heterocycles. The molecule has 96 valence electrons. The van der Waals surface area contributed by atoms with Crippen molar-refractivity contribution >= 4 is 28.1 Å². The number of thiol groups is 1. The van der Waals surface area contributed by atoms with Crippen LogP contribution in [0.5, 0.6) is 0 Å². The van der Waals surface area contributed by atoms with Gasteiger partial charge in [0.2, 0.25) is 0 Å². The van der Waals surface area contributed by atoms with Crippen LogP contribution in [0.3, 0.4) is 0 Å². The minimum atomic E-state index is 0.113. The summed E-state index contributed by atoms with van der Waals surface area (Å²) in [4.78, 5) is 0. The molecule has 3 heteroatoms. The molecule has 1 nitrogen and oxygen atoms in total. The molecular formula is C14H23NS2. The molecule has 0 spiro atoms. The fourth-order valence-corrected chi connectivity index (χ4v) is 2.09. The Bertz CT molecular complexity index is 349. The summed E-state index contributed by atoms with van der Waals surface area (Å²) in [5.41, 5.74) is 2.65.